The molecule has 0 saturated carbocycles. The Labute approximate surface area is 191 Å². The maximum atomic E-state index is 10.6. The maximum Gasteiger partial charge on any atom is 0.191 e. The number of aliphatic hydroxyl groups is 1. The first kappa shape index (κ1) is 25.2. The predicted octanol–water partition coefficient (Wildman–Crippen LogP) is 3.23. The third-order valence-corrected chi connectivity index (χ3v) is 4.48. The fourth-order valence-electron chi connectivity index (χ4n) is 2.92. The van der Waals surface area contributed by atoms with E-state index in [-0.39, 0.29) is 30.1 Å². The largest absolute Gasteiger partial charge is 0.491 e. The van der Waals surface area contributed by atoms with Gasteiger partial charge in [0, 0.05) is 31.4 Å². The number of aliphatic imine (C=N–C) groups is 1. The number of hydrogen-bond donors (Lipinski definition) is 3. The highest BCUT2D eigenvalue weighted by atomic mass is 127. The Hall–Kier alpha value is -1.81. The third kappa shape index (κ3) is 7.50. The molecule has 0 aliphatic heterocycles. The molecule has 0 bridgehead atoms. The highest BCUT2D eigenvalue weighted by molar-refractivity contribution is 14.0. The van der Waals surface area contributed by atoms with Gasteiger partial charge in [-0.3, -0.25) is 4.68 Å². The number of hydrogen-bond acceptors (Lipinski definition) is 4. The second-order valence-corrected chi connectivity index (χ2v) is 7.10. The number of aliphatic hydroxyl groups excluding tert-OH is 1. The smallest absolute Gasteiger partial charge is 0.191 e. The van der Waals surface area contributed by atoms with Crippen molar-refractivity contribution in [1.29, 1.82) is 0 Å². The molecule has 0 aliphatic rings. The Kier molecular flexibility index (Phi) is 10.5. The molecule has 8 heteroatoms. The van der Waals surface area contributed by atoms with Gasteiger partial charge in [0.25, 0.3) is 0 Å². The van der Waals surface area contributed by atoms with Gasteiger partial charge in [0.15, 0.2) is 5.96 Å². The van der Waals surface area contributed by atoms with E-state index in [1.165, 1.54) is 0 Å². The average Bonchev–Trinajstić information content (AvgIpc) is 2.88. The summed E-state index contributed by atoms with van der Waals surface area (Å²) in [7, 11) is 1.94. The molecular weight excluding hydrogens is 481 g/mol. The molecule has 1 atom stereocenters. The lowest BCUT2D eigenvalue weighted by Crippen LogP contribution is -2.39. The fraction of sp³-hybridized carbons (Fsp3) is 0.524. The number of ether oxygens (including phenoxy) is 1. The van der Waals surface area contributed by atoms with Gasteiger partial charge in [-0.1, -0.05) is 12.1 Å². The van der Waals surface area contributed by atoms with Crippen LogP contribution >= 0.6 is 24.0 Å². The molecule has 1 aromatic heterocycles. The van der Waals surface area contributed by atoms with Crippen molar-refractivity contribution < 1.29 is 9.84 Å². The van der Waals surface area contributed by atoms with Crippen LogP contribution in [0.1, 0.15) is 49.4 Å². The summed E-state index contributed by atoms with van der Waals surface area (Å²) < 4.78 is 7.58. The van der Waals surface area contributed by atoms with E-state index in [2.05, 4.69) is 20.7 Å². The van der Waals surface area contributed by atoms with E-state index >= 15 is 0 Å². The van der Waals surface area contributed by atoms with Crippen LogP contribution in [0, 0.1) is 13.8 Å². The van der Waals surface area contributed by atoms with Crippen molar-refractivity contribution in [3.8, 4) is 5.75 Å². The summed E-state index contributed by atoms with van der Waals surface area (Å²) in [5, 5.41) is 21.4. The van der Waals surface area contributed by atoms with Crippen LogP contribution in [0.3, 0.4) is 0 Å². The maximum absolute atomic E-state index is 10.6. The minimum absolute atomic E-state index is 0. The van der Waals surface area contributed by atoms with Gasteiger partial charge in [-0.25, -0.2) is 4.99 Å². The zero-order valence-corrected chi connectivity index (χ0v) is 20.5. The zero-order chi connectivity index (χ0) is 20.7. The first-order valence-electron chi connectivity index (χ1n) is 9.77. The van der Waals surface area contributed by atoms with Gasteiger partial charge >= 0.3 is 0 Å². The molecule has 2 aromatic rings. The summed E-state index contributed by atoms with van der Waals surface area (Å²) in [6.45, 7) is 11.6. The van der Waals surface area contributed by atoms with Crippen molar-refractivity contribution in [2.75, 3.05) is 13.1 Å². The number of benzene rings is 1. The van der Waals surface area contributed by atoms with Crippen LogP contribution in [0.2, 0.25) is 0 Å². The number of halogens is 1. The Morgan fingerprint density at radius 2 is 2.00 bits per heavy atom. The standard InChI is InChI=1S/C21H33N5O2.HI/c1-7-22-21(23-12-19-15(4)25-26(6)16(19)5)24-13-20(27)17-9-8-10-18(11-17)28-14(2)3;/h8-11,14,20,27H,7,12-13H2,1-6H3,(H2,22,23,24);1H. The average molecular weight is 515 g/mol. The van der Waals surface area contributed by atoms with E-state index < -0.39 is 6.10 Å². The van der Waals surface area contributed by atoms with Crippen molar-refractivity contribution >= 4 is 29.9 Å². The molecule has 0 fully saturated rings. The number of rotatable bonds is 8. The Morgan fingerprint density at radius 1 is 1.28 bits per heavy atom. The van der Waals surface area contributed by atoms with Gasteiger partial charge < -0.3 is 20.5 Å². The van der Waals surface area contributed by atoms with Crippen molar-refractivity contribution in [3.05, 3.63) is 46.8 Å². The Balaban J connectivity index is 0.00000420. The van der Waals surface area contributed by atoms with Crippen LogP contribution in [0.4, 0.5) is 0 Å². The number of nitrogens with one attached hydrogen (secondary N) is 2. The van der Waals surface area contributed by atoms with Crippen LogP contribution in [0.5, 0.6) is 5.75 Å². The zero-order valence-electron chi connectivity index (χ0n) is 18.2. The normalized spacial score (nSPS) is 12.5. The summed E-state index contributed by atoms with van der Waals surface area (Å²) in [4.78, 5) is 4.65. The lowest BCUT2D eigenvalue weighted by molar-refractivity contribution is 0.179. The van der Waals surface area contributed by atoms with Crippen LogP contribution in [-0.4, -0.2) is 40.0 Å². The van der Waals surface area contributed by atoms with E-state index in [1.54, 1.807) is 0 Å². The molecule has 0 saturated heterocycles. The van der Waals surface area contributed by atoms with E-state index in [1.807, 2.05) is 70.6 Å². The van der Waals surface area contributed by atoms with Crippen LogP contribution in [0.25, 0.3) is 0 Å². The molecule has 0 aliphatic carbocycles. The van der Waals surface area contributed by atoms with Crippen LogP contribution < -0.4 is 15.4 Å². The molecule has 0 radical (unpaired) electrons. The summed E-state index contributed by atoms with van der Waals surface area (Å²) in [6.07, 6.45) is -0.571. The molecule has 0 amide bonds. The number of nitrogens with zero attached hydrogens (tertiary/aromatic N) is 3. The van der Waals surface area contributed by atoms with E-state index in [0.717, 1.165) is 34.8 Å². The topological polar surface area (TPSA) is 83.7 Å². The third-order valence-electron chi connectivity index (χ3n) is 4.48. The van der Waals surface area contributed by atoms with Crippen molar-refractivity contribution in [1.82, 2.24) is 20.4 Å². The molecule has 2 rings (SSSR count). The SMILES string of the molecule is CCNC(=NCc1c(C)nn(C)c1C)NCC(O)c1cccc(OC(C)C)c1.I. The first-order chi connectivity index (χ1) is 13.3. The summed E-state index contributed by atoms with van der Waals surface area (Å²) >= 11 is 0. The summed E-state index contributed by atoms with van der Waals surface area (Å²) in [6, 6.07) is 7.56. The lowest BCUT2D eigenvalue weighted by atomic mass is 10.1. The predicted molar refractivity (Wildman–Crippen MR) is 128 cm³/mol. The molecule has 1 heterocycles. The lowest BCUT2D eigenvalue weighted by Gasteiger charge is -2.17. The monoisotopic (exact) mass is 515 g/mol. The van der Waals surface area contributed by atoms with Crippen molar-refractivity contribution in [3.63, 3.8) is 0 Å². The van der Waals surface area contributed by atoms with Gasteiger partial charge in [-0.2, -0.15) is 5.10 Å². The van der Waals surface area contributed by atoms with Crippen molar-refractivity contribution in [2.45, 2.75) is 53.4 Å². The Morgan fingerprint density at radius 3 is 2.59 bits per heavy atom. The molecule has 0 spiro atoms. The number of guanidine groups is 1. The van der Waals surface area contributed by atoms with E-state index in [9.17, 15) is 5.11 Å². The fourth-order valence-corrected chi connectivity index (χ4v) is 2.92. The molecule has 1 unspecified atom stereocenters. The van der Waals surface area contributed by atoms with Gasteiger partial charge in [-0.15, -0.1) is 24.0 Å². The number of aryl methyl sites for hydroxylation is 2. The molecule has 1 aromatic carbocycles. The minimum Gasteiger partial charge on any atom is -0.491 e. The van der Waals surface area contributed by atoms with Crippen LogP contribution in [-0.2, 0) is 13.6 Å². The van der Waals surface area contributed by atoms with Gasteiger partial charge in [0.2, 0.25) is 0 Å². The van der Waals surface area contributed by atoms with E-state index in [0.29, 0.717) is 19.0 Å². The van der Waals surface area contributed by atoms with E-state index in [4.69, 9.17) is 4.74 Å². The molecule has 3 N–H and O–H groups in total. The second kappa shape index (κ2) is 12.0. The first-order valence-corrected chi connectivity index (χ1v) is 9.77. The van der Waals surface area contributed by atoms with Gasteiger partial charge in [-0.05, 0) is 52.3 Å². The Bertz CT molecular complexity index is 804. The highest BCUT2D eigenvalue weighted by Crippen LogP contribution is 2.20. The summed E-state index contributed by atoms with van der Waals surface area (Å²) in [5.74, 6) is 1.42. The molecular formula is C21H34IN5O2. The minimum atomic E-state index is -0.665. The molecule has 29 heavy (non-hydrogen) atoms. The highest BCUT2D eigenvalue weighted by Gasteiger charge is 2.12. The van der Waals surface area contributed by atoms with Crippen molar-refractivity contribution in [2.24, 2.45) is 12.0 Å². The molecule has 162 valence electrons. The second-order valence-electron chi connectivity index (χ2n) is 7.10. The van der Waals surface area contributed by atoms with Gasteiger partial charge in [0.1, 0.15) is 5.75 Å². The molecule has 7 nitrogen and oxygen atoms in total. The summed E-state index contributed by atoms with van der Waals surface area (Å²) in [5.41, 5.74) is 4.03. The quantitative estimate of drug-likeness (QED) is 0.286. The van der Waals surface area contributed by atoms with Gasteiger partial charge in [0.05, 0.1) is 24.4 Å². The number of aromatic nitrogens is 2. The van der Waals surface area contributed by atoms with Crippen LogP contribution in [0.15, 0.2) is 29.3 Å².